The molecule has 7 nitrogen and oxygen atoms in total. The van der Waals surface area contributed by atoms with Crippen molar-refractivity contribution >= 4 is 34.9 Å². The monoisotopic (exact) mass is 339 g/mol. The summed E-state index contributed by atoms with van der Waals surface area (Å²) in [6.45, 7) is 2.90. The van der Waals surface area contributed by atoms with E-state index in [0.29, 0.717) is 18.2 Å². The van der Waals surface area contributed by atoms with Gasteiger partial charge in [0.1, 0.15) is 6.33 Å². The lowest BCUT2D eigenvalue weighted by molar-refractivity contribution is -0.133. The Labute approximate surface area is 136 Å². The molecule has 2 heterocycles. The van der Waals surface area contributed by atoms with Crippen LogP contribution in [0.5, 0.6) is 0 Å². The molecule has 9 heteroatoms. The Morgan fingerprint density at radius 2 is 2.36 bits per heavy atom. The third kappa shape index (κ3) is 5.15. The topological polar surface area (TPSA) is 91.0 Å². The Balaban J connectivity index is 1.75. The quantitative estimate of drug-likeness (QED) is 0.704. The summed E-state index contributed by atoms with van der Waals surface area (Å²) in [6, 6.07) is 3.90. The number of thiophene rings is 1. The fourth-order valence-corrected chi connectivity index (χ4v) is 3.02. The number of aromatic nitrogens is 3. The van der Waals surface area contributed by atoms with Gasteiger partial charge in [0.25, 0.3) is 0 Å². The fourth-order valence-electron chi connectivity index (χ4n) is 1.69. The zero-order chi connectivity index (χ0) is 15.8. The highest BCUT2D eigenvalue weighted by Crippen LogP contribution is 2.11. The summed E-state index contributed by atoms with van der Waals surface area (Å²) in [5.41, 5.74) is 0. The van der Waals surface area contributed by atoms with Gasteiger partial charge in [-0.15, -0.1) is 11.3 Å². The van der Waals surface area contributed by atoms with Crippen LogP contribution in [-0.2, 0) is 16.1 Å². The maximum atomic E-state index is 12.1. The van der Waals surface area contributed by atoms with Crippen molar-refractivity contribution in [3.05, 3.63) is 28.7 Å². The molecule has 2 N–H and O–H groups in total. The summed E-state index contributed by atoms with van der Waals surface area (Å²) in [6.07, 6.45) is 1.39. The van der Waals surface area contributed by atoms with Crippen molar-refractivity contribution in [3.63, 3.8) is 0 Å². The minimum absolute atomic E-state index is 0.0671. The van der Waals surface area contributed by atoms with Crippen molar-refractivity contribution in [2.75, 3.05) is 18.8 Å². The molecule has 0 aliphatic rings. The van der Waals surface area contributed by atoms with Gasteiger partial charge in [-0.3, -0.25) is 14.7 Å². The summed E-state index contributed by atoms with van der Waals surface area (Å²) >= 11 is 2.85. The zero-order valence-electron chi connectivity index (χ0n) is 12.1. The van der Waals surface area contributed by atoms with E-state index < -0.39 is 0 Å². The van der Waals surface area contributed by atoms with E-state index in [1.54, 1.807) is 11.3 Å². The molecular formula is C13H17N5O2S2. The van der Waals surface area contributed by atoms with Gasteiger partial charge in [0.05, 0.1) is 18.8 Å². The van der Waals surface area contributed by atoms with E-state index in [4.69, 9.17) is 0 Å². The predicted octanol–water partition coefficient (Wildman–Crippen LogP) is 1.12. The molecule has 0 saturated carbocycles. The van der Waals surface area contributed by atoms with Gasteiger partial charge in [-0.1, -0.05) is 17.8 Å². The third-order valence-electron chi connectivity index (χ3n) is 2.83. The lowest BCUT2D eigenvalue weighted by Gasteiger charge is -2.19. The standard InChI is InChI=1S/C13H17N5O2S2/c1-2-18(12(20)8-22-13-15-9-16-17-13)7-11(19)14-6-10-4-3-5-21-10/h3-5,9H,2,6-8H2,1H3,(H,14,19)(H,15,16,17). The number of likely N-dealkylation sites (N-methyl/N-ethyl adjacent to an activating group) is 1. The van der Waals surface area contributed by atoms with Crippen LogP contribution >= 0.6 is 23.1 Å². The molecule has 0 saturated heterocycles. The smallest absolute Gasteiger partial charge is 0.239 e. The highest BCUT2D eigenvalue weighted by Gasteiger charge is 2.16. The van der Waals surface area contributed by atoms with Crippen LogP contribution in [0, 0.1) is 0 Å². The van der Waals surface area contributed by atoms with Crippen LogP contribution in [0.25, 0.3) is 0 Å². The van der Waals surface area contributed by atoms with E-state index in [9.17, 15) is 9.59 Å². The minimum atomic E-state index is -0.159. The van der Waals surface area contributed by atoms with Crippen molar-refractivity contribution in [1.29, 1.82) is 0 Å². The number of aromatic amines is 1. The van der Waals surface area contributed by atoms with Gasteiger partial charge in [-0.2, -0.15) is 5.10 Å². The van der Waals surface area contributed by atoms with E-state index in [0.717, 1.165) is 4.88 Å². The van der Waals surface area contributed by atoms with Gasteiger partial charge in [-0.25, -0.2) is 4.98 Å². The summed E-state index contributed by atoms with van der Waals surface area (Å²) in [4.78, 5) is 30.6. The van der Waals surface area contributed by atoms with Crippen LogP contribution in [0.4, 0.5) is 0 Å². The number of H-pyrrole nitrogens is 1. The van der Waals surface area contributed by atoms with Crippen LogP contribution in [-0.4, -0.2) is 50.7 Å². The van der Waals surface area contributed by atoms with Crippen LogP contribution in [0.2, 0.25) is 0 Å². The molecule has 22 heavy (non-hydrogen) atoms. The van der Waals surface area contributed by atoms with E-state index in [-0.39, 0.29) is 24.1 Å². The molecule has 2 rings (SSSR count). The van der Waals surface area contributed by atoms with E-state index in [1.165, 1.54) is 23.0 Å². The zero-order valence-corrected chi connectivity index (χ0v) is 13.7. The first kappa shape index (κ1) is 16.5. The number of nitrogens with one attached hydrogen (secondary N) is 2. The van der Waals surface area contributed by atoms with Crippen molar-refractivity contribution in [3.8, 4) is 0 Å². The fraction of sp³-hybridized carbons (Fsp3) is 0.385. The second-order valence-corrected chi connectivity index (χ2v) is 6.34. The first-order chi connectivity index (χ1) is 10.7. The van der Waals surface area contributed by atoms with Crippen LogP contribution < -0.4 is 5.32 Å². The third-order valence-corrected chi connectivity index (χ3v) is 4.57. The van der Waals surface area contributed by atoms with Crippen molar-refractivity contribution in [1.82, 2.24) is 25.4 Å². The van der Waals surface area contributed by atoms with Gasteiger partial charge >= 0.3 is 0 Å². The number of carbonyl (C=O) groups excluding carboxylic acids is 2. The molecule has 2 amide bonds. The molecule has 118 valence electrons. The number of hydrogen-bond acceptors (Lipinski definition) is 6. The Morgan fingerprint density at radius 3 is 3.00 bits per heavy atom. The number of carbonyl (C=O) groups is 2. The van der Waals surface area contributed by atoms with Gasteiger partial charge in [0, 0.05) is 11.4 Å². The van der Waals surface area contributed by atoms with Gasteiger partial charge < -0.3 is 10.2 Å². The van der Waals surface area contributed by atoms with Crippen LogP contribution in [0.3, 0.4) is 0 Å². The molecule has 0 spiro atoms. The second kappa shape index (κ2) is 8.54. The van der Waals surface area contributed by atoms with Gasteiger partial charge in [-0.05, 0) is 18.4 Å². The minimum Gasteiger partial charge on any atom is -0.350 e. The molecule has 0 aliphatic carbocycles. The Hall–Kier alpha value is -1.87. The average Bonchev–Trinajstić information content (AvgIpc) is 3.21. The van der Waals surface area contributed by atoms with E-state index in [2.05, 4.69) is 20.5 Å². The molecule has 0 unspecified atom stereocenters. The summed E-state index contributed by atoms with van der Waals surface area (Å²) in [7, 11) is 0. The number of nitrogens with zero attached hydrogens (tertiary/aromatic N) is 3. The van der Waals surface area contributed by atoms with E-state index in [1.807, 2.05) is 24.4 Å². The summed E-state index contributed by atoms with van der Waals surface area (Å²) < 4.78 is 0. The normalized spacial score (nSPS) is 10.4. The maximum Gasteiger partial charge on any atom is 0.239 e. The Morgan fingerprint density at radius 1 is 1.50 bits per heavy atom. The molecule has 0 radical (unpaired) electrons. The molecule has 2 aromatic rings. The second-order valence-electron chi connectivity index (χ2n) is 4.34. The van der Waals surface area contributed by atoms with Crippen molar-refractivity contribution in [2.45, 2.75) is 18.6 Å². The molecule has 2 aromatic heterocycles. The molecule has 0 aliphatic heterocycles. The molecule has 0 bridgehead atoms. The van der Waals surface area contributed by atoms with E-state index >= 15 is 0 Å². The summed E-state index contributed by atoms with van der Waals surface area (Å²) in [5.74, 6) is -0.0373. The number of thioether (sulfide) groups is 1. The maximum absolute atomic E-state index is 12.1. The predicted molar refractivity (Wildman–Crippen MR) is 85.5 cm³/mol. The first-order valence-electron chi connectivity index (χ1n) is 6.74. The molecule has 0 atom stereocenters. The van der Waals surface area contributed by atoms with Crippen LogP contribution in [0.15, 0.2) is 29.0 Å². The average molecular weight is 339 g/mol. The Kier molecular flexibility index (Phi) is 6.41. The number of amides is 2. The summed E-state index contributed by atoms with van der Waals surface area (Å²) in [5, 5.41) is 11.8. The van der Waals surface area contributed by atoms with Crippen molar-refractivity contribution in [2.24, 2.45) is 0 Å². The van der Waals surface area contributed by atoms with Crippen LogP contribution in [0.1, 0.15) is 11.8 Å². The SMILES string of the molecule is CCN(CC(=O)NCc1cccs1)C(=O)CSc1ncn[nH]1. The molecule has 0 aromatic carbocycles. The Bertz CT molecular complexity index is 586. The highest BCUT2D eigenvalue weighted by molar-refractivity contribution is 7.99. The number of rotatable bonds is 8. The highest BCUT2D eigenvalue weighted by atomic mass is 32.2. The number of hydrogen-bond donors (Lipinski definition) is 2. The largest absolute Gasteiger partial charge is 0.350 e. The van der Waals surface area contributed by atoms with Gasteiger partial charge in [0.15, 0.2) is 5.16 Å². The van der Waals surface area contributed by atoms with Crippen molar-refractivity contribution < 1.29 is 9.59 Å². The molecule has 0 fully saturated rings. The first-order valence-corrected chi connectivity index (χ1v) is 8.60. The lowest BCUT2D eigenvalue weighted by atomic mass is 10.4. The molecular weight excluding hydrogens is 322 g/mol. The lowest BCUT2D eigenvalue weighted by Crippen LogP contribution is -2.41. The van der Waals surface area contributed by atoms with Gasteiger partial charge in [0.2, 0.25) is 11.8 Å².